The molecule has 0 bridgehead atoms. The maximum absolute atomic E-state index is 13.9. The van der Waals surface area contributed by atoms with Gasteiger partial charge >= 0.3 is 5.97 Å². The SMILES string of the molecule is CCOC(=O)c1cn([P+](C)(N(C(C)C)C(C)C)N(C(C)C)C(C)C)nc1P(=S)(N(C(C)C)C(C)C)N(C(C)C)C(C)C. The Morgan fingerprint density at radius 1 is 0.762 bits per heavy atom. The van der Waals surface area contributed by atoms with Gasteiger partial charge in [-0.05, 0) is 118 Å². The van der Waals surface area contributed by atoms with E-state index in [-0.39, 0.29) is 54.3 Å². The zero-order valence-corrected chi connectivity index (χ0v) is 32.8. The first-order chi connectivity index (χ1) is 19.1. The van der Waals surface area contributed by atoms with Gasteiger partial charge in [0.1, 0.15) is 24.0 Å². The van der Waals surface area contributed by atoms with Crippen LogP contribution in [-0.4, -0.2) is 95.8 Å². The molecule has 1 aromatic heterocycles. The van der Waals surface area contributed by atoms with Crippen molar-refractivity contribution in [2.75, 3.05) is 13.3 Å². The van der Waals surface area contributed by atoms with Gasteiger partial charge in [0, 0.05) is 48.3 Å². The second-order valence-electron chi connectivity index (χ2n) is 13.7. The van der Waals surface area contributed by atoms with Crippen LogP contribution in [0.25, 0.3) is 0 Å². The summed E-state index contributed by atoms with van der Waals surface area (Å²) in [5.74, 6) is -0.347. The van der Waals surface area contributed by atoms with Crippen LogP contribution < -0.4 is 5.44 Å². The molecule has 11 heteroatoms. The number of ether oxygens (including phenoxy) is 1. The maximum Gasteiger partial charge on any atom is 0.342 e. The summed E-state index contributed by atoms with van der Waals surface area (Å²) in [6.45, 7) is 40.2. The Balaban J connectivity index is 4.53. The number of esters is 1. The molecular weight excluding hydrogens is 582 g/mol. The molecule has 246 valence electrons. The Kier molecular flexibility index (Phi) is 14.8. The van der Waals surface area contributed by atoms with Crippen molar-refractivity contribution in [3.63, 3.8) is 0 Å². The summed E-state index contributed by atoms with van der Waals surface area (Å²) < 4.78 is 18.0. The summed E-state index contributed by atoms with van der Waals surface area (Å²) in [4.78, 5) is 13.9. The molecule has 0 fully saturated rings. The van der Waals surface area contributed by atoms with Crippen molar-refractivity contribution in [3.8, 4) is 0 Å². The van der Waals surface area contributed by atoms with Gasteiger partial charge < -0.3 is 4.74 Å². The molecular formula is C31H65N6O2P2S+. The van der Waals surface area contributed by atoms with E-state index in [0.717, 1.165) is 0 Å². The summed E-state index contributed by atoms with van der Waals surface area (Å²) >= 11 is 6.95. The van der Waals surface area contributed by atoms with Gasteiger partial charge in [0.25, 0.3) is 7.71 Å². The predicted molar refractivity (Wildman–Crippen MR) is 189 cm³/mol. The molecule has 42 heavy (non-hydrogen) atoms. The average Bonchev–Trinajstić information content (AvgIpc) is 3.24. The van der Waals surface area contributed by atoms with E-state index in [1.165, 1.54) is 0 Å². The number of aromatic nitrogens is 2. The van der Waals surface area contributed by atoms with Crippen molar-refractivity contribution in [1.29, 1.82) is 0 Å². The summed E-state index contributed by atoms with van der Waals surface area (Å²) in [5.41, 5.74) is 1.20. The Morgan fingerprint density at radius 2 is 1.10 bits per heavy atom. The Labute approximate surface area is 265 Å². The van der Waals surface area contributed by atoms with Gasteiger partial charge in [-0.2, -0.15) is 0 Å². The van der Waals surface area contributed by atoms with Crippen molar-refractivity contribution < 1.29 is 9.53 Å². The summed E-state index contributed by atoms with van der Waals surface area (Å²) in [5, 5.41) is 5.54. The van der Waals surface area contributed by atoms with Crippen molar-refractivity contribution in [1.82, 2.24) is 28.2 Å². The molecule has 1 aromatic rings. The van der Waals surface area contributed by atoms with Crippen LogP contribution in [0.5, 0.6) is 0 Å². The topological polar surface area (TPSA) is 57.1 Å². The number of hydrogen-bond acceptors (Lipinski definition) is 6. The molecule has 0 atom stereocenters. The van der Waals surface area contributed by atoms with E-state index in [2.05, 4.69) is 141 Å². The van der Waals surface area contributed by atoms with E-state index in [0.29, 0.717) is 17.6 Å². The van der Waals surface area contributed by atoms with Crippen LogP contribution in [0.4, 0.5) is 0 Å². The second kappa shape index (κ2) is 15.7. The van der Waals surface area contributed by atoms with Crippen LogP contribution in [-0.2, 0) is 16.5 Å². The molecule has 1 rings (SSSR count). The number of rotatable bonds is 16. The minimum Gasteiger partial charge on any atom is -0.462 e. The molecule has 8 nitrogen and oxygen atoms in total. The molecule has 0 saturated heterocycles. The van der Waals surface area contributed by atoms with Gasteiger partial charge in [-0.1, -0.05) is 11.8 Å². The standard InChI is InChI=1S/C31H65N6O2P2S/c1-19-39-31(38)29-20-33(40(18,34(21(2)3)22(4)5)35(23(6)7)24(8)9)32-30(29)41(42,36(25(10)11)26(12)13)37(27(14)15)28(16)17/h20-28H,19H2,1-18H3/q+1. The quantitative estimate of drug-likeness (QED) is 0.134. The fourth-order valence-electron chi connectivity index (χ4n) is 7.17. The largest absolute Gasteiger partial charge is 0.462 e. The first-order valence-electron chi connectivity index (χ1n) is 16.0. The second-order valence-corrected chi connectivity index (χ2v) is 20.7. The predicted octanol–water partition coefficient (Wildman–Crippen LogP) is 7.71. The molecule has 0 unspecified atom stereocenters. The van der Waals surface area contributed by atoms with Gasteiger partial charge in [-0.25, -0.2) is 4.79 Å². The molecule has 0 aliphatic heterocycles. The third-order valence-electron chi connectivity index (χ3n) is 7.58. The monoisotopic (exact) mass is 647 g/mol. The fraction of sp³-hybridized carbons (Fsp3) is 0.871. The molecule has 0 aliphatic carbocycles. The highest BCUT2D eigenvalue weighted by atomic mass is 32.4. The van der Waals surface area contributed by atoms with Crippen molar-refractivity contribution in [2.24, 2.45) is 0 Å². The number of hydrogen-bond donors (Lipinski definition) is 0. The van der Waals surface area contributed by atoms with E-state index in [4.69, 9.17) is 21.6 Å². The zero-order valence-electron chi connectivity index (χ0n) is 30.2. The number of nitrogens with zero attached hydrogens (tertiary/aromatic N) is 6. The van der Waals surface area contributed by atoms with E-state index >= 15 is 0 Å². The zero-order chi connectivity index (χ0) is 33.1. The van der Waals surface area contributed by atoms with E-state index in [1.54, 1.807) is 0 Å². The summed E-state index contributed by atoms with van der Waals surface area (Å²) in [7, 11) is -2.36. The highest BCUT2D eigenvalue weighted by Crippen LogP contribution is 2.66. The highest BCUT2D eigenvalue weighted by molar-refractivity contribution is 8.15. The lowest BCUT2D eigenvalue weighted by atomic mass is 10.3. The van der Waals surface area contributed by atoms with Gasteiger partial charge in [0.15, 0.2) is 0 Å². The number of carbonyl (C=O) groups excluding carboxylic acids is 1. The minimum absolute atomic E-state index is 0.155. The van der Waals surface area contributed by atoms with Crippen LogP contribution in [0.1, 0.15) is 128 Å². The average molecular weight is 648 g/mol. The van der Waals surface area contributed by atoms with E-state index in [1.807, 2.05) is 13.1 Å². The smallest absolute Gasteiger partial charge is 0.342 e. The fourth-order valence-corrected chi connectivity index (χ4v) is 18.5. The normalized spacial score (nSPS) is 14.0. The summed E-state index contributed by atoms with van der Waals surface area (Å²) in [6, 6.07) is 1.66. The molecule has 0 radical (unpaired) electrons. The molecule has 1 heterocycles. The van der Waals surface area contributed by atoms with Crippen LogP contribution in [0, 0.1) is 0 Å². The van der Waals surface area contributed by atoms with E-state index < -0.39 is 14.1 Å². The van der Waals surface area contributed by atoms with Crippen LogP contribution in [0.3, 0.4) is 0 Å². The van der Waals surface area contributed by atoms with Crippen molar-refractivity contribution in [2.45, 2.75) is 166 Å². The third kappa shape index (κ3) is 7.87. The first-order valence-corrected chi connectivity index (χ1v) is 20.8. The lowest BCUT2D eigenvalue weighted by Gasteiger charge is -2.49. The van der Waals surface area contributed by atoms with Crippen LogP contribution >= 0.6 is 14.1 Å². The first kappa shape index (κ1) is 39.6. The molecule has 0 saturated carbocycles. The van der Waals surface area contributed by atoms with Crippen molar-refractivity contribution in [3.05, 3.63) is 11.8 Å². The maximum atomic E-state index is 13.9. The molecule has 0 aliphatic rings. The van der Waals surface area contributed by atoms with E-state index in [9.17, 15) is 4.79 Å². The van der Waals surface area contributed by atoms with Gasteiger partial charge in [0.2, 0.25) is 0 Å². The molecule has 0 spiro atoms. The van der Waals surface area contributed by atoms with Crippen LogP contribution in [0.2, 0.25) is 0 Å². The third-order valence-corrected chi connectivity index (χ3v) is 17.8. The highest BCUT2D eigenvalue weighted by Gasteiger charge is 2.56. The molecule has 0 amide bonds. The molecule has 0 aromatic carbocycles. The van der Waals surface area contributed by atoms with Gasteiger partial charge in [0.05, 0.1) is 12.8 Å². The summed E-state index contributed by atoms with van der Waals surface area (Å²) in [6.07, 6.45) is -0.806. The van der Waals surface area contributed by atoms with Crippen molar-refractivity contribution >= 4 is 37.3 Å². The minimum atomic E-state index is -2.79. The Morgan fingerprint density at radius 3 is 1.36 bits per heavy atom. The Bertz CT molecular complexity index is 978. The number of carbonyl (C=O) groups is 1. The Hall–Kier alpha value is -0.400. The lowest BCUT2D eigenvalue weighted by molar-refractivity contribution is 0.0527. The van der Waals surface area contributed by atoms with Gasteiger partial charge in [-0.15, -0.1) is 18.9 Å². The van der Waals surface area contributed by atoms with Gasteiger partial charge in [-0.3, -0.25) is 9.34 Å². The van der Waals surface area contributed by atoms with Crippen LogP contribution in [0.15, 0.2) is 6.20 Å². The lowest BCUT2D eigenvalue weighted by Crippen LogP contribution is -2.51. The molecule has 0 N–H and O–H groups in total.